The van der Waals surface area contributed by atoms with Crippen LogP contribution in [0.3, 0.4) is 0 Å². The van der Waals surface area contributed by atoms with E-state index in [2.05, 4.69) is 4.98 Å². The standard InChI is InChI=1S/C12H16ClFN2O4S/c13-10-5-9(21(15,18)19)6-16-11(10)20-7-12(14)3-1-8(17)2-4-12/h5-6,8,17H,1-4,7H2,(H2,15,18,19). The average molecular weight is 339 g/mol. The number of primary sulfonamides is 1. The molecule has 6 nitrogen and oxygen atoms in total. The van der Waals surface area contributed by atoms with E-state index in [1.165, 1.54) is 0 Å². The molecule has 1 aromatic rings. The maximum atomic E-state index is 14.4. The van der Waals surface area contributed by atoms with Crippen LogP contribution in [0.25, 0.3) is 0 Å². The molecule has 0 atom stereocenters. The van der Waals surface area contributed by atoms with Gasteiger partial charge in [0.05, 0.1) is 12.3 Å². The minimum Gasteiger partial charge on any atom is -0.473 e. The van der Waals surface area contributed by atoms with Crippen molar-refractivity contribution in [1.29, 1.82) is 0 Å². The Balaban J connectivity index is 2.04. The van der Waals surface area contributed by atoms with Gasteiger partial charge in [0.15, 0.2) is 0 Å². The highest BCUT2D eigenvalue weighted by molar-refractivity contribution is 7.89. The van der Waals surface area contributed by atoms with Gasteiger partial charge in [-0.3, -0.25) is 0 Å². The van der Waals surface area contributed by atoms with Crippen LogP contribution in [0.15, 0.2) is 17.2 Å². The first-order valence-corrected chi connectivity index (χ1v) is 8.30. The molecule has 3 N–H and O–H groups in total. The molecule has 0 saturated heterocycles. The van der Waals surface area contributed by atoms with Gasteiger partial charge < -0.3 is 9.84 Å². The van der Waals surface area contributed by atoms with Crippen molar-refractivity contribution >= 4 is 21.6 Å². The number of hydrogen-bond acceptors (Lipinski definition) is 5. The van der Waals surface area contributed by atoms with Crippen molar-refractivity contribution in [2.45, 2.75) is 42.4 Å². The number of sulfonamides is 1. The Kier molecular flexibility index (Phi) is 4.72. The lowest BCUT2D eigenvalue weighted by Crippen LogP contribution is -2.37. The molecule has 118 valence electrons. The van der Waals surface area contributed by atoms with Crippen LogP contribution >= 0.6 is 11.6 Å². The summed E-state index contributed by atoms with van der Waals surface area (Å²) in [4.78, 5) is 3.51. The molecule has 1 aromatic heterocycles. The van der Waals surface area contributed by atoms with Crippen molar-refractivity contribution in [2.75, 3.05) is 6.61 Å². The molecule has 0 spiro atoms. The minimum absolute atomic E-state index is 0.0489. The summed E-state index contributed by atoms with van der Waals surface area (Å²) in [5.74, 6) is -0.0489. The maximum absolute atomic E-state index is 14.4. The number of alkyl halides is 1. The molecular weight excluding hydrogens is 323 g/mol. The van der Waals surface area contributed by atoms with E-state index in [0.717, 1.165) is 12.3 Å². The molecule has 21 heavy (non-hydrogen) atoms. The normalized spacial score (nSPS) is 26.6. The number of hydrogen-bond donors (Lipinski definition) is 2. The number of nitrogens with zero attached hydrogens (tertiary/aromatic N) is 1. The molecule has 1 fully saturated rings. The maximum Gasteiger partial charge on any atom is 0.239 e. The quantitative estimate of drug-likeness (QED) is 0.864. The fourth-order valence-electron chi connectivity index (χ4n) is 2.13. The van der Waals surface area contributed by atoms with E-state index < -0.39 is 21.8 Å². The van der Waals surface area contributed by atoms with Gasteiger partial charge in [0, 0.05) is 0 Å². The van der Waals surface area contributed by atoms with E-state index in [9.17, 15) is 17.9 Å². The highest BCUT2D eigenvalue weighted by atomic mass is 35.5. The average Bonchev–Trinajstić information content (AvgIpc) is 2.40. The van der Waals surface area contributed by atoms with Gasteiger partial charge in [-0.1, -0.05) is 11.6 Å². The summed E-state index contributed by atoms with van der Waals surface area (Å²) in [6.45, 7) is -0.249. The van der Waals surface area contributed by atoms with Gasteiger partial charge in [-0.05, 0) is 31.7 Å². The second-order valence-electron chi connectivity index (χ2n) is 5.17. The fraction of sp³-hybridized carbons (Fsp3) is 0.583. The summed E-state index contributed by atoms with van der Waals surface area (Å²) in [5, 5.41) is 14.3. The Bertz CT molecular complexity index is 618. The Hall–Kier alpha value is -0.960. The van der Waals surface area contributed by atoms with Crippen LogP contribution in [-0.4, -0.2) is 36.9 Å². The number of aliphatic hydroxyl groups excluding tert-OH is 1. The third kappa shape index (κ3) is 4.26. The molecule has 1 aliphatic carbocycles. The van der Waals surface area contributed by atoms with E-state index in [4.69, 9.17) is 21.5 Å². The molecule has 1 saturated carbocycles. The smallest absolute Gasteiger partial charge is 0.239 e. The topological polar surface area (TPSA) is 103 Å². The lowest BCUT2D eigenvalue weighted by Gasteiger charge is -2.31. The van der Waals surface area contributed by atoms with E-state index in [-0.39, 0.29) is 35.2 Å². The monoisotopic (exact) mass is 338 g/mol. The van der Waals surface area contributed by atoms with Crippen molar-refractivity contribution in [3.8, 4) is 5.88 Å². The minimum atomic E-state index is -3.90. The third-order valence-electron chi connectivity index (χ3n) is 3.43. The van der Waals surface area contributed by atoms with Crippen molar-refractivity contribution in [3.05, 3.63) is 17.3 Å². The second-order valence-corrected chi connectivity index (χ2v) is 7.14. The Morgan fingerprint density at radius 2 is 2.14 bits per heavy atom. The first-order chi connectivity index (χ1) is 9.70. The summed E-state index contributed by atoms with van der Waals surface area (Å²) in [6.07, 6.45) is 1.69. The lowest BCUT2D eigenvalue weighted by atomic mass is 9.85. The van der Waals surface area contributed by atoms with Crippen LogP contribution in [0.5, 0.6) is 5.88 Å². The summed E-state index contributed by atoms with van der Waals surface area (Å²) in [6, 6.07) is 1.11. The number of ether oxygens (including phenoxy) is 1. The van der Waals surface area contributed by atoms with Crippen LogP contribution < -0.4 is 9.88 Å². The molecule has 1 heterocycles. The molecule has 0 aliphatic heterocycles. The van der Waals surface area contributed by atoms with Crippen LogP contribution in [0.4, 0.5) is 4.39 Å². The molecule has 0 bridgehead atoms. The first-order valence-electron chi connectivity index (χ1n) is 6.38. The zero-order valence-corrected chi connectivity index (χ0v) is 12.7. The highest BCUT2D eigenvalue weighted by Gasteiger charge is 2.36. The van der Waals surface area contributed by atoms with Gasteiger partial charge in [-0.2, -0.15) is 0 Å². The molecule has 0 aromatic carbocycles. The van der Waals surface area contributed by atoms with Crippen molar-refractivity contribution in [1.82, 2.24) is 4.98 Å². The fourth-order valence-corrected chi connectivity index (χ4v) is 2.90. The Morgan fingerprint density at radius 1 is 1.52 bits per heavy atom. The molecule has 0 amide bonds. The van der Waals surface area contributed by atoms with Crippen LogP contribution in [0.1, 0.15) is 25.7 Å². The van der Waals surface area contributed by atoms with Gasteiger partial charge in [-0.15, -0.1) is 0 Å². The number of aromatic nitrogens is 1. The van der Waals surface area contributed by atoms with E-state index >= 15 is 0 Å². The Morgan fingerprint density at radius 3 is 2.67 bits per heavy atom. The van der Waals surface area contributed by atoms with Gasteiger partial charge in [0.2, 0.25) is 15.9 Å². The van der Waals surface area contributed by atoms with E-state index in [1.54, 1.807) is 0 Å². The number of rotatable bonds is 4. The van der Waals surface area contributed by atoms with Crippen LogP contribution in [-0.2, 0) is 10.0 Å². The van der Waals surface area contributed by atoms with Gasteiger partial charge in [-0.25, -0.2) is 22.9 Å². The van der Waals surface area contributed by atoms with E-state index in [0.29, 0.717) is 12.8 Å². The molecule has 0 radical (unpaired) electrons. The van der Waals surface area contributed by atoms with Crippen molar-refractivity contribution < 1.29 is 22.7 Å². The second kappa shape index (κ2) is 6.04. The van der Waals surface area contributed by atoms with Crippen LogP contribution in [0, 0.1) is 0 Å². The number of pyridine rings is 1. The largest absolute Gasteiger partial charge is 0.473 e. The SMILES string of the molecule is NS(=O)(=O)c1cnc(OCC2(F)CCC(O)CC2)c(Cl)c1. The van der Waals surface area contributed by atoms with Crippen LogP contribution in [0.2, 0.25) is 5.02 Å². The summed E-state index contributed by atoms with van der Waals surface area (Å²) in [7, 11) is -3.90. The van der Waals surface area contributed by atoms with Crippen molar-refractivity contribution in [3.63, 3.8) is 0 Å². The highest BCUT2D eigenvalue weighted by Crippen LogP contribution is 2.33. The number of nitrogens with two attached hydrogens (primary N) is 1. The lowest BCUT2D eigenvalue weighted by molar-refractivity contribution is 0.00180. The van der Waals surface area contributed by atoms with Crippen molar-refractivity contribution in [2.24, 2.45) is 5.14 Å². The zero-order valence-electron chi connectivity index (χ0n) is 11.1. The number of halogens is 2. The zero-order chi connectivity index (χ0) is 15.7. The van der Waals surface area contributed by atoms with Gasteiger partial charge in [0.25, 0.3) is 0 Å². The molecule has 9 heteroatoms. The van der Waals surface area contributed by atoms with E-state index in [1.807, 2.05) is 0 Å². The molecule has 2 rings (SSSR count). The summed E-state index contributed by atoms with van der Waals surface area (Å²) >= 11 is 5.85. The third-order valence-corrected chi connectivity index (χ3v) is 4.58. The molecule has 0 unspecified atom stereocenters. The molecular formula is C12H16ClFN2O4S. The number of aliphatic hydroxyl groups is 1. The summed E-state index contributed by atoms with van der Waals surface area (Å²) in [5.41, 5.74) is -1.54. The summed E-state index contributed by atoms with van der Waals surface area (Å²) < 4.78 is 41.9. The first kappa shape index (κ1) is 16.4. The molecule has 1 aliphatic rings. The Labute approximate surface area is 127 Å². The van der Waals surface area contributed by atoms with Gasteiger partial charge >= 0.3 is 0 Å². The predicted molar refractivity (Wildman–Crippen MR) is 74.4 cm³/mol. The predicted octanol–water partition coefficient (Wildman–Crippen LogP) is 1.40. The van der Waals surface area contributed by atoms with Gasteiger partial charge in [0.1, 0.15) is 22.2 Å².